The molecule has 0 amide bonds. The second-order valence-electron chi connectivity index (χ2n) is 2.48. The molecule has 0 atom stereocenters. The fourth-order valence-electron chi connectivity index (χ4n) is 1.13. The van der Waals surface area contributed by atoms with Crippen LogP contribution in [0.4, 0.5) is 0 Å². The molecule has 0 spiro atoms. The SMILES string of the molecule is O=Cc1nc2c(C=O)cccc2o1. The van der Waals surface area contributed by atoms with Crippen LogP contribution in [0.5, 0.6) is 0 Å². The Morgan fingerprint density at radius 3 is 2.77 bits per heavy atom. The fraction of sp³-hybridized carbons (Fsp3) is 0. The Balaban J connectivity index is 2.81. The molecule has 0 saturated heterocycles. The van der Waals surface area contributed by atoms with Gasteiger partial charge in [-0.25, -0.2) is 4.98 Å². The van der Waals surface area contributed by atoms with Gasteiger partial charge in [0.1, 0.15) is 5.52 Å². The van der Waals surface area contributed by atoms with Gasteiger partial charge in [-0.1, -0.05) is 6.07 Å². The number of carbonyl (C=O) groups excluding carboxylic acids is 2. The monoisotopic (exact) mass is 175 g/mol. The number of benzene rings is 1. The average Bonchev–Trinajstić information content (AvgIpc) is 2.59. The molecule has 0 aliphatic rings. The van der Waals surface area contributed by atoms with Crippen molar-refractivity contribution in [2.75, 3.05) is 0 Å². The van der Waals surface area contributed by atoms with E-state index in [1.807, 2.05) is 0 Å². The summed E-state index contributed by atoms with van der Waals surface area (Å²) >= 11 is 0. The molecular formula is C9H5NO3. The van der Waals surface area contributed by atoms with Crippen LogP contribution in [0.1, 0.15) is 21.0 Å². The molecule has 0 N–H and O–H groups in total. The largest absolute Gasteiger partial charge is 0.434 e. The first-order valence-corrected chi connectivity index (χ1v) is 3.65. The summed E-state index contributed by atoms with van der Waals surface area (Å²) in [6, 6.07) is 4.95. The van der Waals surface area contributed by atoms with Crippen molar-refractivity contribution in [3.63, 3.8) is 0 Å². The second-order valence-corrected chi connectivity index (χ2v) is 2.48. The molecular weight excluding hydrogens is 170 g/mol. The molecule has 1 heterocycles. The second kappa shape index (κ2) is 2.82. The van der Waals surface area contributed by atoms with Crippen LogP contribution in [-0.4, -0.2) is 17.6 Å². The Labute approximate surface area is 73.2 Å². The van der Waals surface area contributed by atoms with E-state index in [9.17, 15) is 9.59 Å². The van der Waals surface area contributed by atoms with Crippen LogP contribution in [0.15, 0.2) is 22.6 Å². The number of aromatic nitrogens is 1. The maximum atomic E-state index is 10.5. The predicted octanol–water partition coefficient (Wildman–Crippen LogP) is 1.45. The van der Waals surface area contributed by atoms with Crippen molar-refractivity contribution in [3.8, 4) is 0 Å². The summed E-state index contributed by atoms with van der Waals surface area (Å²) in [7, 11) is 0. The molecule has 4 heteroatoms. The summed E-state index contributed by atoms with van der Waals surface area (Å²) in [5.41, 5.74) is 1.31. The van der Waals surface area contributed by atoms with Gasteiger partial charge in [-0.2, -0.15) is 0 Å². The van der Waals surface area contributed by atoms with Crippen LogP contribution in [0, 0.1) is 0 Å². The molecule has 1 aromatic carbocycles. The maximum absolute atomic E-state index is 10.5. The van der Waals surface area contributed by atoms with Gasteiger partial charge in [-0.15, -0.1) is 0 Å². The van der Waals surface area contributed by atoms with Crippen molar-refractivity contribution in [2.24, 2.45) is 0 Å². The van der Waals surface area contributed by atoms with Crippen LogP contribution in [0.25, 0.3) is 11.1 Å². The van der Waals surface area contributed by atoms with Crippen molar-refractivity contribution in [1.82, 2.24) is 4.98 Å². The van der Waals surface area contributed by atoms with Crippen LogP contribution in [-0.2, 0) is 0 Å². The third-order valence-corrected chi connectivity index (χ3v) is 1.69. The average molecular weight is 175 g/mol. The fourth-order valence-corrected chi connectivity index (χ4v) is 1.13. The van der Waals surface area contributed by atoms with E-state index < -0.39 is 0 Å². The highest BCUT2D eigenvalue weighted by molar-refractivity contribution is 5.94. The smallest absolute Gasteiger partial charge is 0.260 e. The number of hydrogen-bond donors (Lipinski definition) is 0. The lowest BCUT2D eigenvalue weighted by atomic mass is 10.2. The lowest BCUT2D eigenvalue weighted by molar-refractivity contribution is 0.109. The van der Waals surface area contributed by atoms with E-state index in [-0.39, 0.29) is 5.89 Å². The van der Waals surface area contributed by atoms with E-state index in [2.05, 4.69) is 4.98 Å². The highest BCUT2D eigenvalue weighted by Crippen LogP contribution is 2.17. The number of hydrogen-bond acceptors (Lipinski definition) is 4. The number of fused-ring (bicyclic) bond motifs is 1. The lowest BCUT2D eigenvalue weighted by Crippen LogP contribution is -1.82. The summed E-state index contributed by atoms with van der Waals surface area (Å²) in [4.78, 5) is 24.7. The molecule has 0 saturated carbocycles. The molecule has 0 bridgehead atoms. The molecule has 1 aromatic heterocycles. The maximum Gasteiger partial charge on any atom is 0.260 e. The van der Waals surface area contributed by atoms with Gasteiger partial charge in [0, 0.05) is 5.56 Å². The van der Waals surface area contributed by atoms with Crippen LogP contribution < -0.4 is 0 Å². The molecule has 4 nitrogen and oxygen atoms in total. The Kier molecular flexibility index (Phi) is 1.66. The molecule has 0 unspecified atom stereocenters. The summed E-state index contributed by atoms with van der Waals surface area (Å²) < 4.78 is 5.02. The van der Waals surface area contributed by atoms with E-state index in [0.29, 0.717) is 29.2 Å². The Morgan fingerprint density at radius 1 is 1.23 bits per heavy atom. The number of aldehydes is 2. The number of carbonyl (C=O) groups is 2. The van der Waals surface area contributed by atoms with E-state index in [1.54, 1.807) is 18.2 Å². The van der Waals surface area contributed by atoms with Crippen molar-refractivity contribution < 1.29 is 14.0 Å². The first kappa shape index (κ1) is 7.67. The van der Waals surface area contributed by atoms with Gasteiger partial charge < -0.3 is 4.42 Å². The normalized spacial score (nSPS) is 10.2. The van der Waals surface area contributed by atoms with E-state index >= 15 is 0 Å². The molecule has 64 valence electrons. The number of oxazole rings is 1. The van der Waals surface area contributed by atoms with Crippen molar-refractivity contribution in [1.29, 1.82) is 0 Å². The van der Waals surface area contributed by atoms with Gasteiger partial charge in [-0.05, 0) is 12.1 Å². The zero-order chi connectivity index (χ0) is 9.26. The van der Waals surface area contributed by atoms with Gasteiger partial charge in [0.15, 0.2) is 11.9 Å². The number of para-hydroxylation sites is 1. The van der Waals surface area contributed by atoms with E-state index in [4.69, 9.17) is 4.42 Å². The van der Waals surface area contributed by atoms with Crippen LogP contribution in [0.3, 0.4) is 0 Å². The standard InChI is InChI=1S/C9H5NO3/c11-4-6-2-1-3-7-9(6)10-8(5-12)13-7/h1-5H. The lowest BCUT2D eigenvalue weighted by Gasteiger charge is -1.87. The topological polar surface area (TPSA) is 60.2 Å². The zero-order valence-corrected chi connectivity index (χ0v) is 6.56. The Bertz CT molecular complexity index is 473. The molecule has 0 radical (unpaired) electrons. The van der Waals surface area contributed by atoms with Crippen molar-refractivity contribution >= 4 is 23.7 Å². The number of nitrogens with zero attached hydrogens (tertiary/aromatic N) is 1. The van der Waals surface area contributed by atoms with Gasteiger partial charge in [0.2, 0.25) is 6.29 Å². The molecule has 13 heavy (non-hydrogen) atoms. The zero-order valence-electron chi connectivity index (χ0n) is 6.56. The van der Waals surface area contributed by atoms with Crippen molar-refractivity contribution in [2.45, 2.75) is 0 Å². The van der Waals surface area contributed by atoms with Crippen molar-refractivity contribution in [3.05, 3.63) is 29.7 Å². The van der Waals surface area contributed by atoms with Gasteiger partial charge >= 0.3 is 0 Å². The van der Waals surface area contributed by atoms with Gasteiger partial charge in [-0.3, -0.25) is 9.59 Å². The first-order chi connectivity index (χ1) is 6.35. The van der Waals surface area contributed by atoms with Crippen LogP contribution >= 0.6 is 0 Å². The molecule has 0 aliphatic carbocycles. The highest BCUT2D eigenvalue weighted by Gasteiger charge is 2.07. The summed E-state index contributed by atoms with van der Waals surface area (Å²) in [6.07, 6.45) is 1.19. The summed E-state index contributed by atoms with van der Waals surface area (Å²) in [6.45, 7) is 0. The minimum absolute atomic E-state index is 0.00991. The third-order valence-electron chi connectivity index (χ3n) is 1.69. The quantitative estimate of drug-likeness (QED) is 0.648. The molecule has 0 aliphatic heterocycles. The Morgan fingerprint density at radius 2 is 2.08 bits per heavy atom. The molecule has 2 aromatic rings. The third kappa shape index (κ3) is 1.12. The molecule has 2 rings (SSSR count). The molecule has 0 fully saturated rings. The van der Waals surface area contributed by atoms with E-state index in [0.717, 1.165) is 0 Å². The summed E-state index contributed by atoms with van der Waals surface area (Å²) in [5, 5.41) is 0. The predicted molar refractivity (Wildman–Crippen MR) is 44.8 cm³/mol. The minimum atomic E-state index is -0.00991. The van der Waals surface area contributed by atoms with E-state index in [1.165, 1.54) is 0 Å². The summed E-state index contributed by atoms with van der Waals surface area (Å²) in [5.74, 6) is -0.00991. The van der Waals surface area contributed by atoms with Gasteiger partial charge in [0.25, 0.3) is 5.89 Å². The van der Waals surface area contributed by atoms with Gasteiger partial charge in [0.05, 0.1) is 0 Å². The first-order valence-electron chi connectivity index (χ1n) is 3.65. The number of rotatable bonds is 2. The minimum Gasteiger partial charge on any atom is -0.434 e. The Hall–Kier alpha value is -1.97. The highest BCUT2D eigenvalue weighted by atomic mass is 16.4. The van der Waals surface area contributed by atoms with Crippen LogP contribution in [0.2, 0.25) is 0 Å².